The largest absolute Gasteiger partial charge is 0.466 e. The van der Waals surface area contributed by atoms with Gasteiger partial charge in [-0.05, 0) is 49.8 Å². The molecule has 0 amide bonds. The fourth-order valence-electron chi connectivity index (χ4n) is 2.59. The van der Waals surface area contributed by atoms with Gasteiger partial charge in [0.1, 0.15) is 0 Å². The van der Waals surface area contributed by atoms with Crippen LogP contribution in [0.15, 0.2) is 24.3 Å². The van der Waals surface area contributed by atoms with Crippen LogP contribution in [0.1, 0.15) is 62.6 Å². The third-order valence-corrected chi connectivity index (χ3v) is 3.71. The average Bonchev–Trinajstić information content (AvgIpc) is 3.28. The Morgan fingerprint density at radius 2 is 2.10 bits per heavy atom. The maximum Gasteiger partial charge on any atom is 0.307 e. The van der Waals surface area contributed by atoms with Crippen LogP contribution in [0.25, 0.3) is 0 Å². The number of esters is 1. The molecule has 1 N–H and O–H groups in total. The third-order valence-electron chi connectivity index (χ3n) is 3.71. The Labute approximate surface area is 121 Å². The molecule has 1 unspecified atom stereocenters. The van der Waals surface area contributed by atoms with Gasteiger partial charge in [-0.2, -0.15) is 0 Å². The minimum Gasteiger partial charge on any atom is -0.466 e. The number of hydrogen-bond acceptors (Lipinski definition) is 3. The molecule has 0 aromatic heterocycles. The Bertz CT molecular complexity index is 440. The van der Waals surface area contributed by atoms with Crippen LogP contribution in [0.5, 0.6) is 0 Å². The number of rotatable bonds is 8. The summed E-state index contributed by atoms with van der Waals surface area (Å²) in [4.78, 5) is 11.8. The van der Waals surface area contributed by atoms with Gasteiger partial charge in [0.05, 0.1) is 13.0 Å². The minimum atomic E-state index is -0.119. The van der Waals surface area contributed by atoms with Crippen LogP contribution in [0, 0.1) is 0 Å². The van der Waals surface area contributed by atoms with Gasteiger partial charge in [-0.3, -0.25) is 4.79 Å². The van der Waals surface area contributed by atoms with Gasteiger partial charge in [-0.15, -0.1) is 0 Å². The van der Waals surface area contributed by atoms with E-state index in [2.05, 4.69) is 36.5 Å². The first-order valence-corrected chi connectivity index (χ1v) is 7.74. The highest BCUT2D eigenvalue weighted by Crippen LogP contribution is 2.43. The first-order chi connectivity index (χ1) is 9.76. The van der Waals surface area contributed by atoms with E-state index in [9.17, 15) is 4.79 Å². The highest BCUT2D eigenvalue weighted by atomic mass is 16.5. The topological polar surface area (TPSA) is 38.3 Å². The van der Waals surface area contributed by atoms with Crippen LogP contribution >= 0.6 is 0 Å². The zero-order valence-electron chi connectivity index (χ0n) is 12.5. The lowest BCUT2D eigenvalue weighted by Gasteiger charge is -2.21. The van der Waals surface area contributed by atoms with E-state index in [1.807, 2.05) is 6.92 Å². The smallest absolute Gasteiger partial charge is 0.307 e. The van der Waals surface area contributed by atoms with Crippen LogP contribution in [-0.4, -0.2) is 19.1 Å². The zero-order valence-corrected chi connectivity index (χ0v) is 12.5. The van der Waals surface area contributed by atoms with Crippen LogP contribution in [-0.2, 0) is 9.53 Å². The molecule has 0 spiro atoms. The lowest BCUT2D eigenvalue weighted by Crippen LogP contribution is -2.26. The molecule has 1 aromatic carbocycles. The summed E-state index contributed by atoms with van der Waals surface area (Å²) in [5, 5.41) is 3.50. The number of nitrogens with one attached hydrogen (secondary N) is 1. The number of hydrogen-bond donors (Lipinski definition) is 1. The fraction of sp³-hybridized carbons (Fsp3) is 0.588. The molecular formula is C17H25NO2. The van der Waals surface area contributed by atoms with Gasteiger partial charge in [0.15, 0.2) is 0 Å². The molecule has 0 heterocycles. The molecule has 1 saturated carbocycles. The molecule has 2 rings (SSSR count). The fourth-order valence-corrected chi connectivity index (χ4v) is 2.59. The lowest BCUT2D eigenvalue weighted by molar-refractivity contribution is -0.143. The minimum absolute atomic E-state index is 0.0748. The van der Waals surface area contributed by atoms with Gasteiger partial charge >= 0.3 is 5.97 Å². The van der Waals surface area contributed by atoms with Crippen LogP contribution < -0.4 is 5.32 Å². The number of carbonyl (C=O) groups is 1. The summed E-state index contributed by atoms with van der Waals surface area (Å²) in [6.07, 6.45) is 4.02. The van der Waals surface area contributed by atoms with Crippen molar-refractivity contribution in [3.8, 4) is 0 Å². The summed E-state index contributed by atoms with van der Waals surface area (Å²) in [7, 11) is 0. The molecule has 0 radical (unpaired) electrons. The van der Waals surface area contributed by atoms with Crippen molar-refractivity contribution < 1.29 is 9.53 Å². The molecule has 1 atom stereocenters. The van der Waals surface area contributed by atoms with Crippen LogP contribution in [0.2, 0.25) is 0 Å². The summed E-state index contributed by atoms with van der Waals surface area (Å²) < 4.78 is 5.11. The summed E-state index contributed by atoms with van der Waals surface area (Å²) in [5.41, 5.74) is 2.68. The second-order valence-corrected chi connectivity index (χ2v) is 5.42. The van der Waals surface area contributed by atoms with Gasteiger partial charge < -0.3 is 10.1 Å². The lowest BCUT2D eigenvalue weighted by atomic mass is 9.95. The van der Waals surface area contributed by atoms with Gasteiger partial charge in [0, 0.05) is 6.04 Å². The predicted octanol–water partition coefficient (Wildman–Crippen LogP) is 3.56. The molecule has 110 valence electrons. The molecule has 20 heavy (non-hydrogen) atoms. The highest BCUT2D eigenvalue weighted by Gasteiger charge is 2.28. The maximum atomic E-state index is 11.8. The maximum absolute atomic E-state index is 11.8. The van der Waals surface area contributed by atoms with Crippen molar-refractivity contribution in [1.29, 1.82) is 0 Å². The Kier molecular flexibility index (Phi) is 5.60. The summed E-state index contributed by atoms with van der Waals surface area (Å²) in [5.74, 6) is 0.575. The standard InChI is InChI=1S/C17H25NO2/c1-3-11-18-16(12-17(19)20-4-2)15-8-6-5-7-14(15)13-9-10-13/h5-8,13,16,18H,3-4,9-12H2,1-2H3. The van der Waals surface area contributed by atoms with Crippen molar-refractivity contribution in [3.63, 3.8) is 0 Å². The second-order valence-electron chi connectivity index (χ2n) is 5.42. The van der Waals surface area contributed by atoms with E-state index in [4.69, 9.17) is 4.74 Å². The zero-order chi connectivity index (χ0) is 14.4. The number of ether oxygens (including phenoxy) is 1. The summed E-state index contributed by atoms with van der Waals surface area (Å²) in [6, 6.07) is 8.59. The molecule has 3 heteroatoms. The van der Waals surface area contributed by atoms with E-state index >= 15 is 0 Å². The first kappa shape index (κ1) is 15.0. The van der Waals surface area contributed by atoms with Crippen molar-refractivity contribution in [1.82, 2.24) is 5.32 Å². The van der Waals surface area contributed by atoms with Gasteiger partial charge in [-0.1, -0.05) is 31.2 Å². The molecule has 1 fully saturated rings. The van der Waals surface area contributed by atoms with Crippen LogP contribution in [0.3, 0.4) is 0 Å². The summed E-state index contributed by atoms with van der Waals surface area (Å²) >= 11 is 0. The molecule has 3 nitrogen and oxygen atoms in total. The Morgan fingerprint density at radius 1 is 1.35 bits per heavy atom. The van der Waals surface area contributed by atoms with Crippen molar-refractivity contribution in [2.45, 2.75) is 51.5 Å². The Morgan fingerprint density at radius 3 is 2.75 bits per heavy atom. The van der Waals surface area contributed by atoms with Crippen molar-refractivity contribution in [2.75, 3.05) is 13.2 Å². The van der Waals surface area contributed by atoms with Gasteiger partial charge in [-0.25, -0.2) is 0 Å². The van der Waals surface area contributed by atoms with E-state index in [-0.39, 0.29) is 12.0 Å². The van der Waals surface area contributed by atoms with E-state index in [1.54, 1.807) is 0 Å². The van der Waals surface area contributed by atoms with E-state index in [0.29, 0.717) is 18.9 Å². The molecular weight excluding hydrogens is 250 g/mol. The average molecular weight is 275 g/mol. The van der Waals surface area contributed by atoms with Crippen molar-refractivity contribution >= 4 is 5.97 Å². The van der Waals surface area contributed by atoms with Gasteiger partial charge in [0.25, 0.3) is 0 Å². The number of carbonyl (C=O) groups excluding carboxylic acids is 1. The molecule has 0 bridgehead atoms. The quantitative estimate of drug-likeness (QED) is 0.737. The molecule has 1 aliphatic rings. The van der Waals surface area contributed by atoms with Crippen LogP contribution in [0.4, 0.5) is 0 Å². The molecule has 0 saturated heterocycles. The van der Waals surface area contributed by atoms with E-state index in [0.717, 1.165) is 13.0 Å². The van der Waals surface area contributed by atoms with E-state index in [1.165, 1.54) is 24.0 Å². The number of benzene rings is 1. The molecule has 1 aromatic rings. The predicted molar refractivity (Wildman–Crippen MR) is 80.7 cm³/mol. The second kappa shape index (κ2) is 7.44. The Balaban J connectivity index is 2.14. The Hall–Kier alpha value is -1.35. The summed E-state index contributed by atoms with van der Waals surface area (Å²) in [6.45, 7) is 5.36. The van der Waals surface area contributed by atoms with Gasteiger partial charge in [0.2, 0.25) is 0 Å². The highest BCUT2D eigenvalue weighted by molar-refractivity contribution is 5.70. The van der Waals surface area contributed by atoms with E-state index < -0.39 is 0 Å². The first-order valence-electron chi connectivity index (χ1n) is 7.74. The third kappa shape index (κ3) is 4.07. The van der Waals surface area contributed by atoms with Crippen molar-refractivity contribution in [3.05, 3.63) is 35.4 Å². The SMILES string of the molecule is CCCNC(CC(=O)OCC)c1ccccc1C1CC1. The normalized spacial score (nSPS) is 15.9. The van der Waals surface area contributed by atoms with Crippen molar-refractivity contribution in [2.24, 2.45) is 0 Å². The molecule has 1 aliphatic carbocycles. The monoisotopic (exact) mass is 275 g/mol. The molecule has 0 aliphatic heterocycles.